The lowest BCUT2D eigenvalue weighted by atomic mass is 9.72. The fourth-order valence-electron chi connectivity index (χ4n) is 9.28. The van der Waals surface area contributed by atoms with Gasteiger partial charge in [0.15, 0.2) is 5.82 Å². The minimum atomic E-state index is -1.19. The molecule has 4 fully saturated rings. The third kappa shape index (κ3) is 6.03. The van der Waals surface area contributed by atoms with Crippen LogP contribution >= 0.6 is 0 Å². The Labute approximate surface area is 296 Å². The summed E-state index contributed by atoms with van der Waals surface area (Å²) in [5.74, 6) is -0.735. The molecule has 0 bridgehead atoms. The van der Waals surface area contributed by atoms with Gasteiger partial charge in [0, 0.05) is 41.7 Å². The molecule has 51 heavy (non-hydrogen) atoms. The number of aromatic nitrogens is 3. The van der Waals surface area contributed by atoms with E-state index in [-0.39, 0.29) is 53.0 Å². The SMILES string of the molecule is CCc1c(F)ccc2cc(O)cc(-c3ncc4c(N5CCOC[C@@](C)(O)C5)nc(OC[C@]56CCC[C@H]5N(C5CC(C#N)C5)CCC6)nc4c3F)c12. The molecule has 2 aromatic carbocycles. The van der Waals surface area contributed by atoms with Crippen molar-refractivity contribution in [1.82, 2.24) is 19.9 Å². The lowest BCUT2D eigenvalue weighted by Crippen LogP contribution is -2.58. The number of rotatable bonds is 7. The number of phenols is 1. The number of aliphatic hydroxyl groups is 1. The summed E-state index contributed by atoms with van der Waals surface area (Å²) in [4.78, 5) is 18.6. The smallest absolute Gasteiger partial charge is 0.319 e. The van der Waals surface area contributed by atoms with Gasteiger partial charge in [-0.05, 0) is 92.9 Å². The van der Waals surface area contributed by atoms with Crippen LogP contribution in [0.5, 0.6) is 11.8 Å². The molecule has 4 aromatic rings. The highest BCUT2D eigenvalue weighted by Crippen LogP contribution is 2.51. The summed E-state index contributed by atoms with van der Waals surface area (Å²) in [5, 5.41) is 32.5. The van der Waals surface area contributed by atoms with E-state index in [0.717, 1.165) is 51.5 Å². The van der Waals surface area contributed by atoms with Gasteiger partial charge < -0.3 is 24.6 Å². The molecule has 12 heteroatoms. The quantitative estimate of drug-likeness (QED) is 0.227. The number of hydrogen-bond acceptors (Lipinski definition) is 10. The zero-order chi connectivity index (χ0) is 35.5. The normalized spacial score (nSPS) is 28.3. The van der Waals surface area contributed by atoms with Gasteiger partial charge in [-0.3, -0.25) is 9.88 Å². The summed E-state index contributed by atoms with van der Waals surface area (Å²) < 4.78 is 44.4. The predicted octanol–water partition coefficient (Wildman–Crippen LogP) is 6.29. The highest BCUT2D eigenvalue weighted by Gasteiger charge is 2.51. The van der Waals surface area contributed by atoms with Crippen LogP contribution < -0.4 is 9.64 Å². The minimum absolute atomic E-state index is 0.0153. The van der Waals surface area contributed by atoms with Crippen LogP contribution in [-0.4, -0.2) is 87.2 Å². The Morgan fingerprint density at radius 2 is 1.96 bits per heavy atom. The number of hydrogen-bond donors (Lipinski definition) is 2. The van der Waals surface area contributed by atoms with Gasteiger partial charge in [0.25, 0.3) is 0 Å². The van der Waals surface area contributed by atoms with Gasteiger partial charge in [0.1, 0.15) is 34.2 Å². The number of fused-ring (bicyclic) bond motifs is 3. The molecule has 268 valence electrons. The van der Waals surface area contributed by atoms with E-state index in [1.54, 1.807) is 13.0 Å². The Bertz CT molecular complexity index is 2030. The maximum atomic E-state index is 17.1. The number of halogens is 2. The van der Waals surface area contributed by atoms with Crippen LogP contribution in [0.1, 0.15) is 64.4 Å². The van der Waals surface area contributed by atoms with Crippen molar-refractivity contribution in [1.29, 1.82) is 5.26 Å². The van der Waals surface area contributed by atoms with E-state index in [1.807, 2.05) is 11.8 Å². The van der Waals surface area contributed by atoms with Crippen LogP contribution in [0.25, 0.3) is 32.9 Å². The van der Waals surface area contributed by atoms with E-state index >= 15 is 8.78 Å². The molecule has 0 radical (unpaired) electrons. The fraction of sp³-hybridized carbons (Fsp3) is 0.538. The second kappa shape index (κ2) is 13.1. The first-order chi connectivity index (χ1) is 24.6. The summed E-state index contributed by atoms with van der Waals surface area (Å²) in [6, 6.07) is 9.09. The molecular weight excluding hydrogens is 654 g/mol. The Balaban J connectivity index is 1.22. The van der Waals surface area contributed by atoms with E-state index in [2.05, 4.69) is 20.9 Å². The molecule has 2 N–H and O–H groups in total. The standard InChI is InChI=1S/C39H44F2N6O4/c1-3-27-30(40)8-7-24-16-26(48)17-28(32(24)27)34-33(41)35-29(19-43-34)36(46-12-13-50-21-38(2,49)20-46)45-37(44-35)51-22-39-9-4-6-31(39)47(11-5-10-39)25-14-23(15-25)18-42/h7-8,16-17,19,23,25,31,48-49H,3-6,9-15,20-22H2,1-2H3/t23?,25?,31-,38+,39-/m1/s1. The topological polar surface area (TPSA) is 128 Å². The molecule has 2 aliphatic carbocycles. The molecule has 2 aromatic heterocycles. The molecule has 2 saturated carbocycles. The van der Waals surface area contributed by atoms with Gasteiger partial charge >= 0.3 is 6.01 Å². The highest BCUT2D eigenvalue weighted by atomic mass is 19.1. The second-order valence-electron chi connectivity index (χ2n) is 15.3. The number of anilines is 1. The lowest BCUT2D eigenvalue weighted by Gasteiger charge is -2.52. The largest absolute Gasteiger partial charge is 0.508 e. The number of aryl methyl sites for hydroxylation is 1. The Hall–Kier alpha value is -4.18. The number of β-amino-alcohol motifs (C(OH)–C–C–N with tert-alkyl or cyclic N) is 1. The molecule has 8 rings (SSSR count). The summed E-state index contributed by atoms with van der Waals surface area (Å²) in [5.41, 5.74) is -0.704. The van der Waals surface area contributed by atoms with Gasteiger partial charge in [0.05, 0.1) is 37.8 Å². The summed E-state index contributed by atoms with van der Waals surface area (Å²) in [6.45, 7) is 5.98. The van der Waals surface area contributed by atoms with E-state index in [0.29, 0.717) is 65.8 Å². The predicted molar refractivity (Wildman–Crippen MR) is 189 cm³/mol. The zero-order valence-electron chi connectivity index (χ0n) is 29.2. The fourth-order valence-corrected chi connectivity index (χ4v) is 9.28. The molecule has 10 nitrogen and oxygen atoms in total. The monoisotopic (exact) mass is 698 g/mol. The van der Waals surface area contributed by atoms with Crippen LogP contribution in [0.2, 0.25) is 0 Å². The number of ether oxygens (including phenoxy) is 2. The molecule has 0 spiro atoms. The van der Waals surface area contributed by atoms with Crippen molar-refractivity contribution < 1.29 is 28.5 Å². The maximum Gasteiger partial charge on any atom is 0.319 e. The third-order valence-electron chi connectivity index (χ3n) is 11.8. The average Bonchev–Trinajstić information content (AvgIpc) is 3.44. The molecular formula is C39H44F2N6O4. The van der Waals surface area contributed by atoms with Gasteiger partial charge in [-0.1, -0.05) is 19.4 Å². The van der Waals surface area contributed by atoms with Gasteiger partial charge in [-0.15, -0.1) is 0 Å². The number of phenolic OH excluding ortho intramolecular Hbond substituents is 1. The molecule has 4 aliphatic rings. The van der Waals surface area contributed by atoms with Gasteiger partial charge in [-0.2, -0.15) is 15.2 Å². The van der Waals surface area contributed by atoms with Crippen molar-refractivity contribution in [3.63, 3.8) is 0 Å². The summed E-state index contributed by atoms with van der Waals surface area (Å²) in [7, 11) is 0. The molecule has 3 atom stereocenters. The minimum Gasteiger partial charge on any atom is -0.508 e. The van der Waals surface area contributed by atoms with Crippen molar-refractivity contribution >= 4 is 27.5 Å². The van der Waals surface area contributed by atoms with E-state index in [4.69, 9.17) is 14.5 Å². The first-order valence-corrected chi connectivity index (χ1v) is 18.2. The number of benzene rings is 2. The first kappa shape index (κ1) is 33.9. The number of piperidine rings is 1. The van der Waals surface area contributed by atoms with Crippen molar-refractivity contribution in [3.8, 4) is 29.1 Å². The Morgan fingerprint density at radius 1 is 1.14 bits per heavy atom. The number of pyridine rings is 1. The van der Waals surface area contributed by atoms with Crippen molar-refractivity contribution in [2.24, 2.45) is 11.3 Å². The Morgan fingerprint density at radius 3 is 2.76 bits per heavy atom. The van der Waals surface area contributed by atoms with E-state index < -0.39 is 17.2 Å². The zero-order valence-corrected chi connectivity index (χ0v) is 29.2. The molecule has 0 amide bonds. The first-order valence-electron chi connectivity index (χ1n) is 18.2. The highest BCUT2D eigenvalue weighted by molar-refractivity contribution is 6.01. The molecule has 2 saturated heterocycles. The van der Waals surface area contributed by atoms with E-state index in [9.17, 15) is 15.5 Å². The van der Waals surface area contributed by atoms with Crippen molar-refractivity contribution in [3.05, 3.63) is 47.7 Å². The number of likely N-dealkylation sites (tertiary alicyclic amines) is 1. The number of nitriles is 1. The average molecular weight is 699 g/mol. The number of aromatic hydroxyl groups is 1. The van der Waals surface area contributed by atoms with Crippen LogP contribution in [-0.2, 0) is 11.2 Å². The van der Waals surface area contributed by atoms with Crippen LogP contribution in [0.15, 0.2) is 30.5 Å². The second-order valence-corrected chi connectivity index (χ2v) is 15.3. The van der Waals surface area contributed by atoms with Crippen molar-refractivity contribution in [2.45, 2.75) is 82.9 Å². The van der Waals surface area contributed by atoms with E-state index in [1.165, 1.54) is 24.4 Å². The van der Waals surface area contributed by atoms with Crippen LogP contribution in [0, 0.1) is 34.3 Å². The van der Waals surface area contributed by atoms with Crippen LogP contribution in [0.4, 0.5) is 14.6 Å². The maximum absolute atomic E-state index is 17.1. The summed E-state index contributed by atoms with van der Waals surface area (Å²) >= 11 is 0. The van der Waals surface area contributed by atoms with Crippen molar-refractivity contribution in [2.75, 3.05) is 44.4 Å². The third-order valence-corrected chi connectivity index (χ3v) is 11.8. The van der Waals surface area contributed by atoms with Gasteiger partial charge in [0.2, 0.25) is 0 Å². The van der Waals surface area contributed by atoms with Crippen LogP contribution in [0.3, 0.4) is 0 Å². The number of nitrogens with zero attached hydrogens (tertiary/aromatic N) is 6. The Kier molecular flexibility index (Phi) is 8.72. The summed E-state index contributed by atoms with van der Waals surface area (Å²) in [6.07, 6.45) is 8.93. The molecule has 4 heterocycles. The van der Waals surface area contributed by atoms with Gasteiger partial charge in [-0.25, -0.2) is 8.78 Å². The molecule has 0 unspecified atom stereocenters. The lowest BCUT2D eigenvalue weighted by molar-refractivity contribution is -0.0472. The molecule has 2 aliphatic heterocycles.